The Morgan fingerprint density at radius 1 is 1.52 bits per heavy atom. The fourth-order valence-electron chi connectivity index (χ4n) is 2.00. The predicted molar refractivity (Wildman–Crippen MR) is 85.9 cm³/mol. The minimum atomic E-state index is -0.00562. The SMILES string of the molecule is C[C@@H](NCCCNC(=O)c1cccs1)c1ncc(Cl)n1C. The summed E-state index contributed by atoms with van der Waals surface area (Å²) in [5.74, 6) is 0.900. The van der Waals surface area contributed by atoms with Gasteiger partial charge in [-0.15, -0.1) is 11.3 Å². The Bertz CT molecular complexity index is 582. The highest BCUT2D eigenvalue weighted by Crippen LogP contribution is 2.15. The molecule has 0 radical (unpaired) electrons. The molecule has 0 bridgehead atoms. The number of rotatable bonds is 7. The number of thiophene rings is 1. The van der Waals surface area contributed by atoms with E-state index < -0.39 is 0 Å². The van der Waals surface area contributed by atoms with Crippen molar-refractivity contribution in [1.82, 2.24) is 20.2 Å². The molecular formula is C14H19ClN4OS. The van der Waals surface area contributed by atoms with E-state index >= 15 is 0 Å². The number of nitrogens with one attached hydrogen (secondary N) is 2. The van der Waals surface area contributed by atoms with Crippen LogP contribution in [0, 0.1) is 0 Å². The molecule has 7 heteroatoms. The Morgan fingerprint density at radius 3 is 2.95 bits per heavy atom. The molecule has 1 amide bonds. The Kier molecular flexibility index (Phi) is 5.78. The minimum Gasteiger partial charge on any atom is -0.351 e. The van der Waals surface area contributed by atoms with Gasteiger partial charge in [0.15, 0.2) is 0 Å². The van der Waals surface area contributed by atoms with Gasteiger partial charge in [0, 0.05) is 13.6 Å². The minimum absolute atomic E-state index is 0.00562. The van der Waals surface area contributed by atoms with Crippen LogP contribution in [0.15, 0.2) is 23.7 Å². The van der Waals surface area contributed by atoms with Crippen LogP contribution in [0.5, 0.6) is 0 Å². The molecule has 2 heterocycles. The first-order valence-electron chi connectivity index (χ1n) is 6.81. The van der Waals surface area contributed by atoms with E-state index in [1.165, 1.54) is 11.3 Å². The van der Waals surface area contributed by atoms with E-state index in [0.29, 0.717) is 11.7 Å². The standard InChI is InChI=1S/C14H19ClN4OS/c1-10(13-18-9-12(15)19(13)2)16-6-4-7-17-14(20)11-5-3-8-21-11/h3,5,8-10,16H,4,6-7H2,1-2H3,(H,17,20)/t10-/m1/s1. The van der Waals surface area contributed by atoms with Crippen LogP contribution in [0.1, 0.15) is 34.9 Å². The van der Waals surface area contributed by atoms with Gasteiger partial charge in [-0.2, -0.15) is 0 Å². The molecule has 2 aromatic rings. The highest BCUT2D eigenvalue weighted by molar-refractivity contribution is 7.12. The van der Waals surface area contributed by atoms with E-state index in [4.69, 9.17) is 11.6 Å². The summed E-state index contributed by atoms with van der Waals surface area (Å²) >= 11 is 7.42. The van der Waals surface area contributed by atoms with Crippen LogP contribution in [0.3, 0.4) is 0 Å². The van der Waals surface area contributed by atoms with Gasteiger partial charge in [0.25, 0.3) is 5.91 Å². The van der Waals surface area contributed by atoms with Crippen molar-refractivity contribution in [2.45, 2.75) is 19.4 Å². The lowest BCUT2D eigenvalue weighted by Crippen LogP contribution is -2.28. The number of carbonyl (C=O) groups excluding carboxylic acids is 1. The third-order valence-electron chi connectivity index (χ3n) is 3.19. The largest absolute Gasteiger partial charge is 0.351 e. The Hall–Kier alpha value is -1.37. The quantitative estimate of drug-likeness (QED) is 0.769. The molecule has 0 aliphatic carbocycles. The van der Waals surface area contributed by atoms with E-state index in [1.54, 1.807) is 6.20 Å². The summed E-state index contributed by atoms with van der Waals surface area (Å²) in [6.45, 7) is 3.50. The summed E-state index contributed by atoms with van der Waals surface area (Å²) in [6, 6.07) is 3.82. The third kappa shape index (κ3) is 4.30. The number of carbonyl (C=O) groups is 1. The van der Waals surface area contributed by atoms with Gasteiger partial charge >= 0.3 is 0 Å². The van der Waals surface area contributed by atoms with Crippen molar-refractivity contribution >= 4 is 28.8 Å². The van der Waals surface area contributed by atoms with Gasteiger partial charge in [-0.05, 0) is 31.3 Å². The molecule has 2 aromatic heterocycles. The zero-order chi connectivity index (χ0) is 15.2. The lowest BCUT2D eigenvalue weighted by Gasteiger charge is -2.14. The summed E-state index contributed by atoms with van der Waals surface area (Å²) in [7, 11) is 1.89. The molecule has 2 rings (SSSR count). The monoisotopic (exact) mass is 326 g/mol. The average molecular weight is 327 g/mol. The number of hydrogen-bond donors (Lipinski definition) is 2. The third-order valence-corrected chi connectivity index (χ3v) is 4.41. The van der Waals surface area contributed by atoms with Gasteiger partial charge in [0.1, 0.15) is 11.0 Å². The van der Waals surface area contributed by atoms with Crippen molar-refractivity contribution in [2.24, 2.45) is 7.05 Å². The summed E-state index contributed by atoms with van der Waals surface area (Å²) in [6.07, 6.45) is 2.51. The lowest BCUT2D eigenvalue weighted by atomic mass is 10.3. The van der Waals surface area contributed by atoms with Gasteiger partial charge in [-0.25, -0.2) is 4.98 Å². The molecule has 0 spiro atoms. The average Bonchev–Trinajstić information content (AvgIpc) is 3.10. The second-order valence-corrected chi connectivity index (χ2v) is 6.10. The molecule has 0 saturated carbocycles. The van der Waals surface area contributed by atoms with Crippen molar-refractivity contribution in [2.75, 3.05) is 13.1 Å². The number of hydrogen-bond acceptors (Lipinski definition) is 4. The molecule has 0 unspecified atom stereocenters. The maximum absolute atomic E-state index is 11.7. The molecule has 2 N–H and O–H groups in total. The zero-order valence-electron chi connectivity index (χ0n) is 12.1. The van der Waals surface area contributed by atoms with E-state index in [1.807, 2.05) is 36.1 Å². The zero-order valence-corrected chi connectivity index (χ0v) is 13.7. The number of imidazole rings is 1. The van der Waals surface area contributed by atoms with Gasteiger partial charge in [-0.1, -0.05) is 17.7 Å². The van der Waals surface area contributed by atoms with Crippen molar-refractivity contribution in [1.29, 1.82) is 0 Å². The second kappa shape index (κ2) is 7.59. The fourth-order valence-corrected chi connectivity index (χ4v) is 2.77. The van der Waals surface area contributed by atoms with Crippen LogP contribution in [0.2, 0.25) is 5.15 Å². The van der Waals surface area contributed by atoms with E-state index in [0.717, 1.165) is 23.7 Å². The van der Waals surface area contributed by atoms with Crippen LogP contribution in [-0.4, -0.2) is 28.5 Å². The lowest BCUT2D eigenvalue weighted by molar-refractivity contribution is 0.0957. The Labute approximate surface area is 133 Å². The first-order valence-corrected chi connectivity index (χ1v) is 8.07. The Morgan fingerprint density at radius 2 is 2.33 bits per heavy atom. The van der Waals surface area contributed by atoms with Crippen LogP contribution in [0.4, 0.5) is 0 Å². The summed E-state index contributed by atoms with van der Waals surface area (Å²) in [5, 5.41) is 8.80. The van der Waals surface area contributed by atoms with Gasteiger partial charge in [0.2, 0.25) is 0 Å². The van der Waals surface area contributed by atoms with Crippen molar-refractivity contribution in [3.63, 3.8) is 0 Å². The normalized spacial score (nSPS) is 12.3. The van der Waals surface area contributed by atoms with Crippen molar-refractivity contribution in [3.8, 4) is 0 Å². The molecule has 0 saturated heterocycles. The van der Waals surface area contributed by atoms with Crippen LogP contribution in [0.25, 0.3) is 0 Å². The molecule has 114 valence electrons. The number of nitrogens with zero attached hydrogens (tertiary/aromatic N) is 2. The number of aromatic nitrogens is 2. The topological polar surface area (TPSA) is 58.9 Å². The van der Waals surface area contributed by atoms with E-state index in [2.05, 4.69) is 15.6 Å². The van der Waals surface area contributed by atoms with E-state index in [-0.39, 0.29) is 11.9 Å². The molecule has 0 aromatic carbocycles. The first kappa shape index (κ1) is 16.0. The predicted octanol–water partition coefficient (Wildman–Crippen LogP) is 2.61. The van der Waals surface area contributed by atoms with Crippen LogP contribution in [-0.2, 0) is 7.05 Å². The van der Waals surface area contributed by atoms with Crippen molar-refractivity contribution in [3.05, 3.63) is 39.6 Å². The van der Waals surface area contributed by atoms with Gasteiger partial charge in [0.05, 0.1) is 17.1 Å². The summed E-state index contributed by atoms with van der Waals surface area (Å²) < 4.78 is 1.86. The molecule has 0 aliphatic heterocycles. The smallest absolute Gasteiger partial charge is 0.261 e. The molecule has 1 atom stereocenters. The van der Waals surface area contributed by atoms with Crippen molar-refractivity contribution < 1.29 is 4.79 Å². The number of halogens is 1. The second-order valence-electron chi connectivity index (χ2n) is 4.76. The maximum Gasteiger partial charge on any atom is 0.261 e. The summed E-state index contributed by atoms with van der Waals surface area (Å²) in [4.78, 5) is 16.7. The first-order chi connectivity index (χ1) is 10.1. The van der Waals surface area contributed by atoms with Crippen LogP contribution < -0.4 is 10.6 Å². The Balaban J connectivity index is 1.66. The highest BCUT2D eigenvalue weighted by Gasteiger charge is 2.12. The van der Waals surface area contributed by atoms with Gasteiger partial charge < -0.3 is 15.2 Å². The molecule has 21 heavy (non-hydrogen) atoms. The fraction of sp³-hybridized carbons (Fsp3) is 0.429. The van der Waals surface area contributed by atoms with Crippen LogP contribution >= 0.6 is 22.9 Å². The molecule has 5 nitrogen and oxygen atoms in total. The summed E-state index contributed by atoms with van der Waals surface area (Å²) in [5.41, 5.74) is 0. The highest BCUT2D eigenvalue weighted by atomic mass is 35.5. The maximum atomic E-state index is 11.7. The molecular weight excluding hydrogens is 308 g/mol. The van der Waals surface area contributed by atoms with E-state index in [9.17, 15) is 4.79 Å². The number of amides is 1. The van der Waals surface area contributed by atoms with Gasteiger partial charge in [-0.3, -0.25) is 4.79 Å². The molecule has 0 aliphatic rings. The molecule has 0 fully saturated rings.